The summed E-state index contributed by atoms with van der Waals surface area (Å²) in [7, 11) is 0. The van der Waals surface area contributed by atoms with Crippen molar-refractivity contribution in [2.45, 2.75) is 12.8 Å². The molecule has 0 unspecified atom stereocenters. The van der Waals surface area contributed by atoms with E-state index < -0.39 is 0 Å². The number of hydrogen-bond acceptors (Lipinski definition) is 4. The number of amides is 2. The Bertz CT molecular complexity index is 828. The largest absolute Gasteiger partial charge is 0.459 e. The van der Waals surface area contributed by atoms with Crippen LogP contribution in [0, 0.1) is 0 Å². The van der Waals surface area contributed by atoms with Crippen LogP contribution in [0.2, 0.25) is 0 Å². The highest BCUT2D eigenvalue weighted by molar-refractivity contribution is 6.02. The van der Waals surface area contributed by atoms with E-state index in [0.29, 0.717) is 24.2 Å². The second-order valence-corrected chi connectivity index (χ2v) is 5.42. The van der Waals surface area contributed by atoms with Crippen molar-refractivity contribution in [1.82, 2.24) is 4.98 Å². The Labute approximate surface area is 144 Å². The fourth-order valence-corrected chi connectivity index (χ4v) is 2.26. The number of carbonyl (C=O) groups excluding carboxylic acids is 2. The molecule has 2 N–H and O–H groups in total. The van der Waals surface area contributed by atoms with Crippen LogP contribution >= 0.6 is 0 Å². The molecule has 126 valence electrons. The molecule has 2 aromatic heterocycles. The third-order valence-corrected chi connectivity index (χ3v) is 3.54. The van der Waals surface area contributed by atoms with Gasteiger partial charge in [0, 0.05) is 30.2 Å². The number of rotatable bonds is 6. The molecule has 6 heteroatoms. The van der Waals surface area contributed by atoms with Gasteiger partial charge in [-0.1, -0.05) is 6.07 Å². The molecule has 25 heavy (non-hydrogen) atoms. The molecule has 0 spiro atoms. The van der Waals surface area contributed by atoms with E-state index in [2.05, 4.69) is 15.6 Å². The standard InChI is InChI=1S/C19H17N3O3/c23-18(10-5-14-3-1-11-20-13-14)21-15-6-8-16(9-7-15)22-19(24)17-4-2-12-25-17/h1-4,6-9,11-13H,5,10H2,(H,21,23)(H,22,24). The number of furan rings is 1. The summed E-state index contributed by atoms with van der Waals surface area (Å²) in [5.74, 6) is -0.151. The van der Waals surface area contributed by atoms with Crippen LogP contribution < -0.4 is 10.6 Å². The van der Waals surface area contributed by atoms with Crippen molar-refractivity contribution in [1.29, 1.82) is 0 Å². The van der Waals surface area contributed by atoms with E-state index in [4.69, 9.17) is 4.42 Å². The minimum Gasteiger partial charge on any atom is -0.459 e. The van der Waals surface area contributed by atoms with Gasteiger partial charge in [-0.2, -0.15) is 0 Å². The second kappa shape index (κ2) is 7.92. The molecule has 3 rings (SSSR count). The SMILES string of the molecule is O=C(CCc1cccnc1)Nc1ccc(NC(=O)c2ccco2)cc1. The smallest absolute Gasteiger partial charge is 0.291 e. The van der Waals surface area contributed by atoms with Gasteiger partial charge in [-0.05, 0) is 54.4 Å². The molecule has 0 saturated carbocycles. The number of aromatic nitrogens is 1. The lowest BCUT2D eigenvalue weighted by atomic mass is 10.1. The molecule has 1 aromatic carbocycles. The first kappa shape index (κ1) is 16.4. The van der Waals surface area contributed by atoms with Gasteiger partial charge >= 0.3 is 0 Å². The zero-order valence-electron chi connectivity index (χ0n) is 13.4. The number of nitrogens with zero attached hydrogens (tertiary/aromatic N) is 1. The lowest BCUT2D eigenvalue weighted by Crippen LogP contribution is -2.13. The summed E-state index contributed by atoms with van der Waals surface area (Å²) in [6.07, 6.45) is 5.91. The van der Waals surface area contributed by atoms with Gasteiger partial charge in [0.2, 0.25) is 5.91 Å². The minimum atomic E-state index is -0.321. The van der Waals surface area contributed by atoms with Crippen LogP contribution in [-0.2, 0) is 11.2 Å². The van der Waals surface area contributed by atoms with Crippen molar-refractivity contribution in [3.8, 4) is 0 Å². The lowest BCUT2D eigenvalue weighted by molar-refractivity contribution is -0.116. The van der Waals surface area contributed by atoms with E-state index in [1.54, 1.807) is 48.8 Å². The first-order chi connectivity index (χ1) is 12.2. The van der Waals surface area contributed by atoms with Gasteiger partial charge in [0.05, 0.1) is 6.26 Å². The van der Waals surface area contributed by atoms with Crippen LogP contribution in [0.25, 0.3) is 0 Å². The zero-order chi connectivity index (χ0) is 17.5. The van der Waals surface area contributed by atoms with E-state index >= 15 is 0 Å². The topological polar surface area (TPSA) is 84.2 Å². The Hall–Kier alpha value is -3.41. The van der Waals surface area contributed by atoms with E-state index in [1.165, 1.54) is 6.26 Å². The summed E-state index contributed by atoms with van der Waals surface area (Å²) < 4.78 is 5.03. The van der Waals surface area contributed by atoms with Gasteiger partial charge < -0.3 is 15.1 Å². The maximum atomic E-state index is 12.0. The molecule has 0 fully saturated rings. The third-order valence-electron chi connectivity index (χ3n) is 3.54. The van der Waals surface area contributed by atoms with Gasteiger partial charge in [0.1, 0.15) is 0 Å². The van der Waals surface area contributed by atoms with E-state index in [0.717, 1.165) is 5.56 Å². The molecule has 3 aromatic rings. The Morgan fingerprint density at radius 3 is 2.36 bits per heavy atom. The molecule has 0 radical (unpaired) electrons. The first-order valence-electron chi connectivity index (χ1n) is 7.84. The third kappa shape index (κ3) is 4.78. The average molecular weight is 335 g/mol. The number of benzene rings is 1. The van der Waals surface area contributed by atoms with Gasteiger partial charge in [0.25, 0.3) is 5.91 Å². The fourth-order valence-electron chi connectivity index (χ4n) is 2.26. The molecule has 2 heterocycles. The van der Waals surface area contributed by atoms with E-state index in [9.17, 15) is 9.59 Å². The highest BCUT2D eigenvalue weighted by Gasteiger charge is 2.09. The molecule has 0 aliphatic carbocycles. The molecule has 0 aliphatic rings. The van der Waals surface area contributed by atoms with Gasteiger partial charge in [-0.15, -0.1) is 0 Å². The van der Waals surface area contributed by atoms with Gasteiger partial charge in [0.15, 0.2) is 5.76 Å². The van der Waals surface area contributed by atoms with Crippen molar-refractivity contribution in [3.63, 3.8) is 0 Å². The Morgan fingerprint density at radius 1 is 0.960 bits per heavy atom. The van der Waals surface area contributed by atoms with E-state index in [-0.39, 0.29) is 17.6 Å². The van der Waals surface area contributed by atoms with Crippen LogP contribution in [0.15, 0.2) is 71.6 Å². The van der Waals surface area contributed by atoms with Crippen molar-refractivity contribution in [2.75, 3.05) is 10.6 Å². The molecule has 6 nitrogen and oxygen atoms in total. The Balaban J connectivity index is 1.50. The van der Waals surface area contributed by atoms with Crippen molar-refractivity contribution in [3.05, 3.63) is 78.5 Å². The quantitative estimate of drug-likeness (QED) is 0.722. The Kier molecular flexibility index (Phi) is 5.21. The maximum Gasteiger partial charge on any atom is 0.291 e. The van der Waals surface area contributed by atoms with Crippen LogP contribution in [0.5, 0.6) is 0 Å². The summed E-state index contributed by atoms with van der Waals surface area (Å²) in [4.78, 5) is 27.9. The number of pyridine rings is 1. The van der Waals surface area contributed by atoms with Crippen LogP contribution in [0.3, 0.4) is 0 Å². The van der Waals surface area contributed by atoms with Crippen LogP contribution in [0.1, 0.15) is 22.5 Å². The molecular weight excluding hydrogens is 318 g/mol. The average Bonchev–Trinajstić information content (AvgIpc) is 3.17. The van der Waals surface area contributed by atoms with Crippen LogP contribution in [-0.4, -0.2) is 16.8 Å². The first-order valence-corrected chi connectivity index (χ1v) is 7.84. The number of anilines is 2. The summed E-state index contributed by atoms with van der Waals surface area (Å²) in [5.41, 5.74) is 2.32. The van der Waals surface area contributed by atoms with Crippen molar-refractivity contribution in [2.24, 2.45) is 0 Å². The summed E-state index contributed by atoms with van der Waals surface area (Å²) in [5, 5.41) is 5.55. The second-order valence-electron chi connectivity index (χ2n) is 5.42. The molecule has 0 saturated heterocycles. The van der Waals surface area contributed by atoms with Gasteiger partial charge in [-0.3, -0.25) is 14.6 Å². The predicted molar refractivity (Wildman–Crippen MR) is 94.3 cm³/mol. The number of nitrogens with one attached hydrogen (secondary N) is 2. The number of carbonyl (C=O) groups is 2. The zero-order valence-corrected chi connectivity index (χ0v) is 13.4. The highest BCUT2D eigenvalue weighted by Crippen LogP contribution is 2.15. The van der Waals surface area contributed by atoms with Crippen LogP contribution in [0.4, 0.5) is 11.4 Å². The molecule has 0 aliphatic heterocycles. The van der Waals surface area contributed by atoms with Gasteiger partial charge in [-0.25, -0.2) is 0 Å². The monoisotopic (exact) mass is 335 g/mol. The molecular formula is C19H17N3O3. The molecule has 0 bridgehead atoms. The van der Waals surface area contributed by atoms with Crippen molar-refractivity contribution >= 4 is 23.2 Å². The lowest BCUT2D eigenvalue weighted by Gasteiger charge is -2.07. The Morgan fingerprint density at radius 2 is 1.72 bits per heavy atom. The van der Waals surface area contributed by atoms with E-state index in [1.807, 2.05) is 12.1 Å². The predicted octanol–water partition coefficient (Wildman–Crippen LogP) is 3.50. The van der Waals surface area contributed by atoms with Crippen molar-refractivity contribution < 1.29 is 14.0 Å². The molecule has 2 amide bonds. The minimum absolute atomic E-state index is 0.0729. The summed E-state index contributed by atoms with van der Waals surface area (Å²) in [6.45, 7) is 0. The number of hydrogen-bond donors (Lipinski definition) is 2. The number of aryl methyl sites for hydroxylation is 1. The summed E-state index contributed by atoms with van der Waals surface area (Å²) in [6, 6.07) is 13.9. The highest BCUT2D eigenvalue weighted by atomic mass is 16.3. The normalized spacial score (nSPS) is 10.2. The fraction of sp³-hybridized carbons (Fsp3) is 0.105. The molecule has 0 atom stereocenters. The summed E-state index contributed by atoms with van der Waals surface area (Å²) >= 11 is 0. The maximum absolute atomic E-state index is 12.0.